The van der Waals surface area contributed by atoms with Crippen molar-refractivity contribution in [2.24, 2.45) is 0 Å². The van der Waals surface area contributed by atoms with Crippen LogP contribution in [0.1, 0.15) is 20.7 Å². The van der Waals surface area contributed by atoms with Gasteiger partial charge in [-0.3, -0.25) is 0 Å². The van der Waals surface area contributed by atoms with E-state index in [-0.39, 0.29) is 11.9 Å². The van der Waals surface area contributed by atoms with Crippen LogP contribution in [0.5, 0.6) is 0 Å². The fourth-order valence-corrected chi connectivity index (χ4v) is 2.78. The average Bonchev–Trinajstić information content (AvgIpc) is 2.55. The minimum atomic E-state index is -0.340. The van der Waals surface area contributed by atoms with Crippen molar-refractivity contribution < 1.29 is 19.1 Å². The summed E-state index contributed by atoms with van der Waals surface area (Å²) in [6.45, 7) is 0. The van der Waals surface area contributed by atoms with Crippen LogP contribution in [0.15, 0.2) is 48.5 Å². The molecule has 106 valence electrons. The van der Waals surface area contributed by atoms with E-state index in [2.05, 4.69) is 9.47 Å². The average molecular weight is 298 g/mol. The van der Waals surface area contributed by atoms with Crippen LogP contribution in [0.3, 0.4) is 0 Å². The number of carbonyl (C=O) groups excluding carboxylic acids is 2. The molecule has 0 aromatic heterocycles. The minimum Gasteiger partial charge on any atom is -0.465 e. The Hall–Kier alpha value is -2.40. The molecule has 0 atom stereocenters. The van der Waals surface area contributed by atoms with Gasteiger partial charge in [0.1, 0.15) is 9.52 Å². The Labute approximate surface area is 125 Å². The predicted molar refractivity (Wildman–Crippen MR) is 80.6 cm³/mol. The monoisotopic (exact) mass is 298 g/mol. The maximum Gasteiger partial charge on any atom is 0.337 e. The van der Waals surface area contributed by atoms with Crippen molar-refractivity contribution in [3.8, 4) is 0 Å². The van der Waals surface area contributed by atoms with E-state index in [1.165, 1.54) is 14.2 Å². The maximum atomic E-state index is 11.3. The van der Waals surface area contributed by atoms with Crippen LogP contribution in [0.25, 0.3) is 0 Å². The van der Waals surface area contributed by atoms with Gasteiger partial charge >= 0.3 is 11.9 Å². The molecule has 0 amide bonds. The van der Waals surface area contributed by atoms with Crippen LogP contribution >= 0.6 is 0 Å². The van der Waals surface area contributed by atoms with Gasteiger partial charge in [0.15, 0.2) is 0 Å². The molecule has 2 radical (unpaired) electrons. The normalized spacial score (nSPS) is 10.0. The molecular formula is C16H14O4Si. The summed E-state index contributed by atoms with van der Waals surface area (Å²) < 4.78 is 9.32. The molecule has 0 aliphatic carbocycles. The lowest BCUT2D eigenvalue weighted by Gasteiger charge is -2.04. The van der Waals surface area contributed by atoms with E-state index >= 15 is 0 Å². The van der Waals surface area contributed by atoms with Crippen LogP contribution in [0, 0.1) is 0 Å². The first-order valence-corrected chi connectivity index (χ1v) is 7.28. The molecule has 0 aliphatic heterocycles. The summed E-state index contributed by atoms with van der Waals surface area (Å²) >= 11 is 0. The van der Waals surface area contributed by atoms with Crippen LogP contribution < -0.4 is 10.4 Å². The summed E-state index contributed by atoms with van der Waals surface area (Å²) in [6, 6.07) is 14.6. The van der Waals surface area contributed by atoms with Gasteiger partial charge in [0.05, 0.1) is 25.3 Å². The Morgan fingerprint density at radius 2 is 1.05 bits per heavy atom. The molecule has 0 saturated carbocycles. The number of methoxy groups -OCH3 is 2. The molecule has 0 spiro atoms. The largest absolute Gasteiger partial charge is 0.465 e. The van der Waals surface area contributed by atoms with E-state index in [9.17, 15) is 9.59 Å². The van der Waals surface area contributed by atoms with Gasteiger partial charge in [-0.25, -0.2) is 9.59 Å². The Morgan fingerprint density at radius 3 is 1.33 bits per heavy atom. The van der Waals surface area contributed by atoms with Crippen molar-refractivity contribution in [3.05, 3.63) is 59.7 Å². The summed E-state index contributed by atoms with van der Waals surface area (Å²) in [7, 11) is 3.18. The molecular weight excluding hydrogens is 284 g/mol. The summed E-state index contributed by atoms with van der Waals surface area (Å²) in [6.07, 6.45) is 0. The van der Waals surface area contributed by atoms with Gasteiger partial charge < -0.3 is 9.47 Å². The number of rotatable bonds is 4. The van der Waals surface area contributed by atoms with Crippen LogP contribution in [-0.4, -0.2) is 35.7 Å². The lowest BCUT2D eigenvalue weighted by molar-refractivity contribution is 0.0592. The fourth-order valence-electron chi connectivity index (χ4n) is 1.78. The molecule has 0 heterocycles. The molecule has 2 aromatic rings. The molecule has 0 unspecified atom stereocenters. The van der Waals surface area contributed by atoms with Crippen molar-refractivity contribution in [2.45, 2.75) is 0 Å². The Kier molecular flexibility index (Phi) is 4.89. The van der Waals surface area contributed by atoms with Crippen molar-refractivity contribution in [1.82, 2.24) is 0 Å². The standard InChI is InChI=1S/C16H14O4Si/c1-19-15(17)11-3-7-13(8-4-11)21-14-9-5-12(6-10-14)16(18)20-2/h3-10H,1-2H3. The number of carbonyl (C=O) groups is 2. The van der Waals surface area contributed by atoms with E-state index in [0.29, 0.717) is 20.6 Å². The van der Waals surface area contributed by atoms with Gasteiger partial charge in [-0.05, 0) is 24.3 Å². The Balaban J connectivity index is 2.08. The second-order valence-corrected chi connectivity index (χ2v) is 5.67. The predicted octanol–water partition coefficient (Wildman–Crippen LogP) is 0.915. The molecule has 0 N–H and O–H groups in total. The van der Waals surface area contributed by atoms with Crippen molar-refractivity contribution in [2.75, 3.05) is 14.2 Å². The molecule has 2 aromatic carbocycles. The Morgan fingerprint density at radius 1 is 0.714 bits per heavy atom. The van der Waals surface area contributed by atoms with E-state index < -0.39 is 0 Å². The van der Waals surface area contributed by atoms with Crippen molar-refractivity contribution in [1.29, 1.82) is 0 Å². The molecule has 5 heteroatoms. The maximum absolute atomic E-state index is 11.3. The zero-order valence-electron chi connectivity index (χ0n) is 11.8. The SMILES string of the molecule is COC(=O)c1ccc([Si]c2ccc(C(=O)OC)cc2)cc1. The molecule has 21 heavy (non-hydrogen) atoms. The van der Waals surface area contributed by atoms with Gasteiger partial charge in [-0.1, -0.05) is 34.6 Å². The topological polar surface area (TPSA) is 52.6 Å². The molecule has 4 nitrogen and oxygen atoms in total. The van der Waals surface area contributed by atoms with Gasteiger partial charge in [0.2, 0.25) is 0 Å². The lowest BCUT2D eigenvalue weighted by Crippen LogP contribution is -2.27. The lowest BCUT2D eigenvalue weighted by atomic mass is 10.2. The third kappa shape index (κ3) is 3.79. The third-order valence-electron chi connectivity index (χ3n) is 2.90. The highest BCUT2D eigenvalue weighted by atomic mass is 28.2. The van der Waals surface area contributed by atoms with E-state index in [4.69, 9.17) is 0 Å². The quantitative estimate of drug-likeness (QED) is 0.622. The van der Waals surface area contributed by atoms with Crippen molar-refractivity contribution in [3.63, 3.8) is 0 Å². The molecule has 0 fully saturated rings. The number of hydrogen-bond donors (Lipinski definition) is 0. The van der Waals surface area contributed by atoms with Crippen LogP contribution in [-0.2, 0) is 9.47 Å². The highest BCUT2D eigenvalue weighted by Crippen LogP contribution is 2.00. The number of hydrogen-bond acceptors (Lipinski definition) is 4. The number of benzene rings is 2. The first kappa shape index (κ1) is 15.0. The second-order valence-electron chi connectivity index (χ2n) is 4.26. The second kappa shape index (κ2) is 6.85. The van der Waals surface area contributed by atoms with E-state index in [1.807, 2.05) is 24.3 Å². The summed E-state index contributed by atoms with van der Waals surface area (Å²) in [5.41, 5.74) is 1.07. The molecule has 0 aliphatic rings. The number of esters is 2. The molecule has 2 rings (SSSR count). The van der Waals surface area contributed by atoms with Crippen LogP contribution in [0.2, 0.25) is 0 Å². The first-order valence-electron chi connectivity index (χ1n) is 6.28. The fraction of sp³-hybridized carbons (Fsp3) is 0.125. The highest BCUT2D eigenvalue weighted by molar-refractivity contribution is 6.67. The van der Waals surface area contributed by atoms with E-state index in [0.717, 1.165) is 10.4 Å². The minimum absolute atomic E-state index is 0.340. The zero-order valence-corrected chi connectivity index (χ0v) is 12.8. The highest BCUT2D eigenvalue weighted by Gasteiger charge is 2.07. The van der Waals surface area contributed by atoms with Gasteiger partial charge in [0.25, 0.3) is 0 Å². The summed E-state index contributed by atoms with van der Waals surface area (Å²) in [5, 5.41) is 2.21. The smallest absolute Gasteiger partial charge is 0.337 e. The van der Waals surface area contributed by atoms with E-state index in [1.54, 1.807) is 24.3 Å². The molecule has 0 bridgehead atoms. The third-order valence-corrected chi connectivity index (χ3v) is 4.14. The first-order chi connectivity index (χ1) is 10.1. The van der Waals surface area contributed by atoms with Crippen LogP contribution in [0.4, 0.5) is 0 Å². The zero-order chi connectivity index (χ0) is 15.2. The summed E-state index contributed by atoms with van der Waals surface area (Å²) in [4.78, 5) is 22.7. The van der Waals surface area contributed by atoms with Gasteiger partial charge in [0, 0.05) is 0 Å². The van der Waals surface area contributed by atoms with Crippen molar-refractivity contribution >= 4 is 31.8 Å². The Bertz CT molecular complexity index is 575. The number of ether oxygens (including phenoxy) is 2. The van der Waals surface area contributed by atoms with Gasteiger partial charge in [-0.2, -0.15) is 0 Å². The molecule has 0 saturated heterocycles. The summed E-state index contributed by atoms with van der Waals surface area (Å²) in [5.74, 6) is -0.681. The van der Waals surface area contributed by atoms with Gasteiger partial charge in [-0.15, -0.1) is 0 Å².